The van der Waals surface area contributed by atoms with E-state index in [1.165, 1.54) is 12.1 Å². The zero-order valence-electron chi connectivity index (χ0n) is 13.0. The van der Waals surface area contributed by atoms with Crippen molar-refractivity contribution in [2.45, 2.75) is 12.2 Å². The lowest BCUT2D eigenvalue weighted by molar-refractivity contribution is 0.00565. The second kappa shape index (κ2) is 8.55. The van der Waals surface area contributed by atoms with Gasteiger partial charge >= 0.3 is 0 Å². The van der Waals surface area contributed by atoms with Gasteiger partial charge in [-0.1, -0.05) is 12.1 Å². The summed E-state index contributed by atoms with van der Waals surface area (Å²) < 4.78 is 18.1. The van der Waals surface area contributed by atoms with Crippen LogP contribution in [0.4, 0.5) is 4.39 Å². The molecule has 1 aromatic rings. The third kappa shape index (κ3) is 5.62. The maximum Gasteiger partial charge on any atom is 0.123 e. The van der Waals surface area contributed by atoms with Gasteiger partial charge in [0, 0.05) is 32.7 Å². The lowest BCUT2D eigenvalue weighted by Crippen LogP contribution is -2.44. The molecular weight excluding hydrogens is 287 g/mol. The number of aliphatic hydroxyl groups is 2. The van der Waals surface area contributed by atoms with Gasteiger partial charge in [0.1, 0.15) is 5.82 Å². The molecule has 2 atom stereocenters. The Morgan fingerprint density at radius 3 is 2.45 bits per heavy atom. The minimum Gasteiger partial charge on any atom is -0.390 e. The second-order valence-corrected chi connectivity index (χ2v) is 5.86. The molecule has 1 aromatic carbocycles. The van der Waals surface area contributed by atoms with Crippen LogP contribution in [0.2, 0.25) is 0 Å². The monoisotopic (exact) mass is 312 g/mol. The van der Waals surface area contributed by atoms with Crippen molar-refractivity contribution in [2.24, 2.45) is 0 Å². The first-order valence-corrected chi connectivity index (χ1v) is 7.65. The van der Waals surface area contributed by atoms with E-state index in [1.807, 2.05) is 11.9 Å². The molecule has 1 aliphatic heterocycles. The van der Waals surface area contributed by atoms with Crippen LogP contribution in [0.15, 0.2) is 24.3 Å². The van der Waals surface area contributed by atoms with E-state index in [4.69, 9.17) is 4.74 Å². The van der Waals surface area contributed by atoms with Crippen molar-refractivity contribution in [1.82, 2.24) is 9.80 Å². The molecule has 22 heavy (non-hydrogen) atoms. The molecule has 0 bridgehead atoms. The summed E-state index contributed by atoms with van der Waals surface area (Å²) in [5, 5.41) is 20.3. The molecule has 0 aromatic heterocycles. The van der Waals surface area contributed by atoms with E-state index in [1.54, 1.807) is 12.1 Å². The Labute approximate surface area is 130 Å². The zero-order chi connectivity index (χ0) is 15.9. The van der Waals surface area contributed by atoms with Crippen molar-refractivity contribution in [3.63, 3.8) is 0 Å². The van der Waals surface area contributed by atoms with Crippen LogP contribution in [0, 0.1) is 5.82 Å². The first-order chi connectivity index (χ1) is 10.5. The van der Waals surface area contributed by atoms with Crippen LogP contribution >= 0.6 is 0 Å². The van der Waals surface area contributed by atoms with Crippen molar-refractivity contribution in [3.05, 3.63) is 35.6 Å². The number of rotatable bonds is 7. The van der Waals surface area contributed by atoms with Gasteiger partial charge in [0.15, 0.2) is 0 Å². The van der Waals surface area contributed by atoms with Crippen molar-refractivity contribution in [3.8, 4) is 0 Å². The lowest BCUT2D eigenvalue weighted by atomic mass is 10.1. The minimum atomic E-state index is -0.693. The summed E-state index contributed by atoms with van der Waals surface area (Å²) in [5.74, 6) is -0.315. The fourth-order valence-electron chi connectivity index (χ4n) is 2.66. The number of nitrogens with zero attached hydrogens (tertiary/aromatic N) is 2. The highest BCUT2D eigenvalue weighted by atomic mass is 19.1. The topological polar surface area (TPSA) is 56.2 Å². The molecule has 1 heterocycles. The highest BCUT2D eigenvalue weighted by Crippen LogP contribution is 2.14. The summed E-state index contributed by atoms with van der Waals surface area (Å²) in [7, 11) is 1.86. The van der Waals surface area contributed by atoms with Crippen LogP contribution < -0.4 is 0 Å². The van der Waals surface area contributed by atoms with Crippen LogP contribution in [0.1, 0.15) is 11.7 Å². The highest BCUT2D eigenvalue weighted by molar-refractivity contribution is 5.18. The Hall–Kier alpha value is -1.05. The normalized spacial score (nSPS) is 19.3. The number of hydrogen-bond acceptors (Lipinski definition) is 5. The molecule has 0 saturated carbocycles. The van der Waals surface area contributed by atoms with E-state index in [0.717, 1.165) is 13.1 Å². The highest BCUT2D eigenvalue weighted by Gasteiger charge is 2.18. The summed E-state index contributed by atoms with van der Waals surface area (Å²) in [6.07, 6.45) is -1.16. The largest absolute Gasteiger partial charge is 0.390 e. The average molecular weight is 312 g/mol. The first kappa shape index (κ1) is 17.3. The maximum absolute atomic E-state index is 12.9. The van der Waals surface area contributed by atoms with E-state index >= 15 is 0 Å². The van der Waals surface area contributed by atoms with Gasteiger partial charge in [-0.15, -0.1) is 0 Å². The summed E-state index contributed by atoms with van der Waals surface area (Å²) in [6, 6.07) is 5.84. The van der Waals surface area contributed by atoms with Gasteiger partial charge in [0.2, 0.25) is 0 Å². The second-order valence-electron chi connectivity index (χ2n) is 5.86. The summed E-state index contributed by atoms with van der Waals surface area (Å²) in [5.41, 5.74) is 0.677. The fraction of sp³-hybridized carbons (Fsp3) is 0.625. The first-order valence-electron chi connectivity index (χ1n) is 7.65. The van der Waals surface area contributed by atoms with E-state index < -0.39 is 12.2 Å². The van der Waals surface area contributed by atoms with Crippen molar-refractivity contribution in [2.75, 3.05) is 53.0 Å². The van der Waals surface area contributed by atoms with Gasteiger partial charge in [-0.2, -0.15) is 0 Å². The molecule has 0 radical (unpaired) electrons. The predicted molar refractivity (Wildman–Crippen MR) is 82.1 cm³/mol. The number of β-amino-alcohol motifs (C(OH)–C–C–N with tert-alkyl or cyclic N) is 1. The Balaban J connectivity index is 1.73. The lowest BCUT2D eigenvalue weighted by Gasteiger charge is -2.30. The van der Waals surface area contributed by atoms with Gasteiger partial charge in [0.05, 0.1) is 25.4 Å². The molecule has 1 fully saturated rings. The van der Waals surface area contributed by atoms with Crippen LogP contribution in [-0.2, 0) is 4.74 Å². The predicted octanol–water partition coefficient (Wildman–Crippen LogP) is 0.484. The molecule has 0 spiro atoms. The van der Waals surface area contributed by atoms with Gasteiger partial charge < -0.3 is 19.8 Å². The van der Waals surface area contributed by atoms with Crippen molar-refractivity contribution >= 4 is 0 Å². The van der Waals surface area contributed by atoms with Crippen LogP contribution in [-0.4, -0.2) is 79.1 Å². The number of aliphatic hydroxyl groups excluding tert-OH is 2. The molecule has 0 amide bonds. The number of hydrogen-bond donors (Lipinski definition) is 2. The molecule has 124 valence electrons. The van der Waals surface area contributed by atoms with E-state index in [-0.39, 0.29) is 5.82 Å². The van der Waals surface area contributed by atoms with Gasteiger partial charge in [-0.05, 0) is 24.7 Å². The van der Waals surface area contributed by atoms with Crippen LogP contribution in [0.25, 0.3) is 0 Å². The molecule has 5 nitrogen and oxygen atoms in total. The summed E-state index contributed by atoms with van der Waals surface area (Å²) in [6.45, 7) is 4.61. The summed E-state index contributed by atoms with van der Waals surface area (Å²) >= 11 is 0. The van der Waals surface area contributed by atoms with E-state index in [2.05, 4.69) is 4.90 Å². The molecular formula is C16H25FN2O3. The van der Waals surface area contributed by atoms with Gasteiger partial charge in [0.25, 0.3) is 0 Å². The molecule has 0 aliphatic carbocycles. The molecule has 6 heteroatoms. The number of morpholine rings is 1. The Morgan fingerprint density at radius 1 is 1.18 bits per heavy atom. The smallest absolute Gasteiger partial charge is 0.123 e. The number of benzene rings is 1. The average Bonchev–Trinajstić information content (AvgIpc) is 2.48. The molecule has 1 saturated heterocycles. The van der Waals surface area contributed by atoms with Gasteiger partial charge in [-0.25, -0.2) is 4.39 Å². The van der Waals surface area contributed by atoms with E-state index in [9.17, 15) is 14.6 Å². The molecule has 2 unspecified atom stereocenters. The summed E-state index contributed by atoms with van der Waals surface area (Å²) in [4.78, 5) is 4.07. The fourth-order valence-corrected chi connectivity index (χ4v) is 2.66. The molecule has 2 rings (SSSR count). The standard InChI is InChI=1S/C16H25FN2O3/c1-18(10-15(20)11-19-6-8-22-9-7-19)12-16(21)13-2-4-14(17)5-3-13/h2-5,15-16,20-21H,6-12H2,1H3. The number of halogens is 1. The third-order valence-corrected chi connectivity index (χ3v) is 3.83. The van der Waals surface area contributed by atoms with Crippen molar-refractivity contribution < 1.29 is 19.3 Å². The van der Waals surface area contributed by atoms with Gasteiger partial charge in [-0.3, -0.25) is 4.90 Å². The van der Waals surface area contributed by atoms with Crippen molar-refractivity contribution in [1.29, 1.82) is 0 Å². The quantitative estimate of drug-likeness (QED) is 0.767. The Morgan fingerprint density at radius 2 is 1.82 bits per heavy atom. The Bertz CT molecular complexity index is 438. The van der Waals surface area contributed by atoms with Crippen LogP contribution in [0.3, 0.4) is 0 Å². The minimum absolute atomic E-state index is 0.315. The van der Waals surface area contributed by atoms with Crippen LogP contribution in [0.5, 0.6) is 0 Å². The molecule has 1 aliphatic rings. The number of likely N-dealkylation sites (N-methyl/N-ethyl adjacent to an activating group) is 1. The SMILES string of the molecule is CN(CC(O)CN1CCOCC1)CC(O)c1ccc(F)cc1. The maximum atomic E-state index is 12.9. The van der Waals surface area contributed by atoms with E-state index in [0.29, 0.717) is 38.4 Å². The Kier molecular flexibility index (Phi) is 6.72. The zero-order valence-corrected chi connectivity index (χ0v) is 13.0. The molecule has 2 N–H and O–H groups in total. The third-order valence-electron chi connectivity index (χ3n) is 3.83. The number of ether oxygens (including phenoxy) is 1.